The molecule has 0 bridgehead atoms. The number of alkyl carbamates (subject to hydrolysis) is 1. The molecule has 1 heterocycles. The van der Waals surface area contributed by atoms with Crippen LogP contribution in [0.5, 0.6) is 0 Å². The van der Waals surface area contributed by atoms with Crippen LogP contribution in [0.3, 0.4) is 0 Å². The van der Waals surface area contributed by atoms with Crippen molar-refractivity contribution >= 4 is 11.9 Å². The van der Waals surface area contributed by atoms with Crippen molar-refractivity contribution < 1.29 is 19.4 Å². The van der Waals surface area contributed by atoms with Crippen molar-refractivity contribution in [3.8, 4) is 0 Å². The number of Topliss-reactive ketones (excluding diaryl/α,β-unsaturated/α-hetero) is 1. The Kier molecular flexibility index (Phi) is 8.47. The van der Waals surface area contributed by atoms with E-state index in [1.807, 2.05) is 44.5 Å². The van der Waals surface area contributed by atoms with E-state index in [1.54, 1.807) is 0 Å². The maximum absolute atomic E-state index is 13.0. The number of aliphatic hydroxyl groups is 1. The molecule has 0 unspecified atom stereocenters. The summed E-state index contributed by atoms with van der Waals surface area (Å²) in [7, 11) is 1.94. The van der Waals surface area contributed by atoms with E-state index in [0.29, 0.717) is 25.2 Å². The maximum atomic E-state index is 13.0. The standard InChI is InChI=1S/C29H42N2O4/c1-20(2)22-11-7-9-21(17-22)10-8-12-26(33)25-14-13-24(31(25)6)23-15-16-29(18-23,19-32)30-27(34)35-28(3,4)5/h7,9,11,13-14,17,20,23,32H,8,10,12,15-16,18-19H2,1-6H3,(H,30,34)/t23-,29+/m0/s1. The quantitative estimate of drug-likeness (QED) is 0.438. The second kappa shape index (κ2) is 11.0. The first-order valence-electron chi connectivity index (χ1n) is 12.8. The summed E-state index contributed by atoms with van der Waals surface area (Å²) >= 11 is 0. The Morgan fingerprint density at radius 1 is 1.23 bits per heavy atom. The molecule has 0 spiro atoms. The highest BCUT2D eigenvalue weighted by Crippen LogP contribution is 2.41. The summed E-state index contributed by atoms with van der Waals surface area (Å²) in [6, 6.07) is 12.6. The normalized spacial score (nSPS) is 20.3. The number of carbonyl (C=O) groups excluding carboxylic acids is 2. The average Bonchev–Trinajstić information content (AvgIpc) is 3.36. The number of ether oxygens (including phenoxy) is 1. The number of nitrogens with zero attached hydrogens (tertiary/aromatic N) is 1. The minimum Gasteiger partial charge on any atom is -0.444 e. The summed E-state index contributed by atoms with van der Waals surface area (Å²) in [4.78, 5) is 25.3. The summed E-state index contributed by atoms with van der Waals surface area (Å²) in [5.41, 5.74) is 3.10. The third-order valence-electron chi connectivity index (χ3n) is 7.03. The van der Waals surface area contributed by atoms with Crippen LogP contribution in [-0.2, 0) is 18.2 Å². The molecule has 35 heavy (non-hydrogen) atoms. The van der Waals surface area contributed by atoms with Crippen LogP contribution in [0.2, 0.25) is 0 Å². The Hall–Kier alpha value is -2.60. The number of rotatable bonds is 9. The highest BCUT2D eigenvalue weighted by Gasteiger charge is 2.42. The van der Waals surface area contributed by atoms with E-state index in [1.165, 1.54) is 11.1 Å². The molecule has 6 nitrogen and oxygen atoms in total. The van der Waals surface area contributed by atoms with E-state index in [0.717, 1.165) is 30.7 Å². The molecule has 1 aromatic carbocycles. The Balaban J connectivity index is 1.59. The number of hydrogen-bond donors (Lipinski definition) is 2. The van der Waals surface area contributed by atoms with Gasteiger partial charge in [-0.25, -0.2) is 4.79 Å². The highest BCUT2D eigenvalue weighted by atomic mass is 16.6. The predicted molar refractivity (Wildman–Crippen MR) is 139 cm³/mol. The molecule has 0 radical (unpaired) electrons. The summed E-state index contributed by atoms with van der Waals surface area (Å²) in [5, 5.41) is 13.0. The lowest BCUT2D eigenvalue weighted by atomic mass is 9.95. The molecule has 192 valence electrons. The van der Waals surface area contributed by atoms with E-state index in [2.05, 4.69) is 43.4 Å². The molecule has 1 fully saturated rings. The van der Waals surface area contributed by atoms with Crippen LogP contribution in [0, 0.1) is 0 Å². The van der Waals surface area contributed by atoms with Crippen molar-refractivity contribution in [2.75, 3.05) is 6.61 Å². The lowest BCUT2D eigenvalue weighted by Crippen LogP contribution is -2.51. The zero-order valence-electron chi connectivity index (χ0n) is 22.2. The van der Waals surface area contributed by atoms with Gasteiger partial charge in [-0.15, -0.1) is 0 Å². The summed E-state index contributed by atoms with van der Waals surface area (Å²) in [6.45, 7) is 9.70. The van der Waals surface area contributed by atoms with Crippen LogP contribution in [0.25, 0.3) is 0 Å². The van der Waals surface area contributed by atoms with Crippen molar-refractivity contribution in [2.24, 2.45) is 7.05 Å². The second-order valence-electron chi connectivity index (χ2n) is 11.4. The molecule has 3 rings (SSSR count). The molecule has 2 N–H and O–H groups in total. The van der Waals surface area contributed by atoms with Crippen LogP contribution >= 0.6 is 0 Å². The number of ketones is 1. The lowest BCUT2D eigenvalue weighted by Gasteiger charge is -2.30. The molecule has 0 saturated heterocycles. The fourth-order valence-electron chi connectivity index (χ4n) is 5.10. The van der Waals surface area contributed by atoms with Crippen LogP contribution in [0.15, 0.2) is 36.4 Å². The Labute approximate surface area is 210 Å². The summed E-state index contributed by atoms with van der Waals surface area (Å²) in [5.74, 6) is 0.803. The van der Waals surface area contributed by atoms with Gasteiger partial charge in [-0.3, -0.25) is 4.79 Å². The Bertz CT molecular complexity index is 1030. The first-order valence-corrected chi connectivity index (χ1v) is 12.8. The molecular formula is C29H42N2O4. The molecule has 6 heteroatoms. The van der Waals surface area contributed by atoms with Crippen LogP contribution in [0.4, 0.5) is 4.79 Å². The zero-order valence-corrected chi connectivity index (χ0v) is 22.2. The van der Waals surface area contributed by atoms with Crippen molar-refractivity contribution in [3.63, 3.8) is 0 Å². The number of hydrogen-bond acceptors (Lipinski definition) is 4. The van der Waals surface area contributed by atoms with Crippen molar-refractivity contribution in [3.05, 3.63) is 58.9 Å². The monoisotopic (exact) mass is 482 g/mol. The van der Waals surface area contributed by atoms with Gasteiger partial charge in [0.2, 0.25) is 0 Å². The van der Waals surface area contributed by atoms with Gasteiger partial charge in [0.25, 0.3) is 0 Å². The SMILES string of the molecule is CC(C)c1cccc(CCCC(=O)c2ccc([C@H]3CC[C@@](CO)(NC(=O)OC(C)(C)C)C3)n2C)c1. The van der Waals surface area contributed by atoms with Gasteiger partial charge >= 0.3 is 6.09 Å². The number of aliphatic hydroxyl groups excluding tert-OH is 1. The van der Waals surface area contributed by atoms with E-state index in [9.17, 15) is 14.7 Å². The topological polar surface area (TPSA) is 80.6 Å². The minimum absolute atomic E-state index is 0.142. The Morgan fingerprint density at radius 3 is 2.63 bits per heavy atom. The van der Waals surface area contributed by atoms with Gasteiger partial charge in [0.15, 0.2) is 5.78 Å². The van der Waals surface area contributed by atoms with Gasteiger partial charge in [-0.05, 0) is 82.1 Å². The van der Waals surface area contributed by atoms with Gasteiger partial charge in [-0.1, -0.05) is 38.1 Å². The van der Waals surface area contributed by atoms with E-state index >= 15 is 0 Å². The average molecular weight is 483 g/mol. The molecule has 2 aromatic rings. The van der Waals surface area contributed by atoms with E-state index < -0.39 is 17.2 Å². The van der Waals surface area contributed by atoms with Crippen molar-refractivity contribution in [1.29, 1.82) is 0 Å². The van der Waals surface area contributed by atoms with Crippen molar-refractivity contribution in [2.45, 2.75) is 96.1 Å². The third-order valence-corrected chi connectivity index (χ3v) is 7.03. The first-order chi connectivity index (χ1) is 16.4. The number of amides is 1. The number of nitrogens with one attached hydrogen (secondary N) is 1. The maximum Gasteiger partial charge on any atom is 0.408 e. The summed E-state index contributed by atoms with van der Waals surface area (Å²) < 4.78 is 7.40. The predicted octanol–water partition coefficient (Wildman–Crippen LogP) is 5.88. The van der Waals surface area contributed by atoms with Crippen LogP contribution < -0.4 is 5.32 Å². The minimum atomic E-state index is -0.702. The van der Waals surface area contributed by atoms with E-state index in [4.69, 9.17) is 4.74 Å². The van der Waals surface area contributed by atoms with E-state index in [-0.39, 0.29) is 18.3 Å². The smallest absolute Gasteiger partial charge is 0.408 e. The molecule has 0 aliphatic heterocycles. The number of carbonyl (C=O) groups is 2. The number of aryl methyl sites for hydroxylation is 1. The van der Waals surface area contributed by atoms with Gasteiger partial charge < -0.3 is 19.7 Å². The largest absolute Gasteiger partial charge is 0.444 e. The molecule has 1 aliphatic rings. The zero-order chi connectivity index (χ0) is 25.8. The second-order valence-corrected chi connectivity index (χ2v) is 11.4. The van der Waals surface area contributed by atoms with Gasteiger partial charge in [0.1, 0.15) is 5.60 Å². The Morgan fingerprint density at radius 2 is 1.97 bits per heavy atom. The van der Waals surface area contributed by atoms with Gasteiger partial charge in [-0.2, -0.15) is 0 Å². The van der Waals surface area contributed by atoms with Gasteiger partial charge in [0, 0.05) is 25.1 Å². The molecule has 1 aromatic heterocycles. The number of benzene rings is 1. The fraction of sp³-hybridized carbons (Fsp3) is 0.586. The third kappa shape index (κ3) is 6.97. The van der Waals surface area contributed by atoms with Crippen molar-refractivity contribution in [1.82, 2.24) is 9.88 Å². The van der Waals surface area contributed by atoms with Crippen LogP contribution in [0.1, 0.15) is 106 Å². The first kappa shape index (κ1) is 27.0. The molecular weight excluding hydrogens is 440 g/mol. The molecule has 2 atom stereocenters. The molecule has 1 amide bonds. The van der Waals surface area contributed by atoms with Gasteiger partial charge in [0.05, 0.1) is 17.8 Å². The molecule has 1 saturated carbocycles. The lowest BCUT2D eigenvalue weighted by molar-refractivity contribution is 0.0401. The van der Waals surface area contributed by atoms with Crippen LogP contribution in [-0.4, -0.2) is 39.3 Å². The summed E-state index contributed by atoms with van der Waals surface area (Å²) in [6.07, 6.45) is 3.81. The molecule has 1 aliphatic carbocycles. The number of aromatic nitrogens is 1. The fourth-order valence-corrected chi connectivity index (χ4v) is 5.10. The highest BCUT2D eigenvalue weighted by molar-refractivity contribution is 5.94.